The maximum atomic E-state index is 12.8. The number of carbonyl (C=O) groups is 1. The van der Waals surface area contributed by atoms with Crippen LogP contribution in [0.2, 0.25) is 0 Å². The summed E-state index contributed by atoms with van der Waals surface area (Å²) in [5.41, 5.74) is 5.08. The predicted octanol–water partition coefficient (Wildman–Crippen LogP) is 5.36. The van der Waals surface area contributed by atoms with Crippen LogP contribution in [0.3, 0.4) is 0 Å². The van der Waals surface area contributed by atoms with Gasteiger partial charge in [-0.25, -0.2) is 0 Å². The molecule has 3 atom stereocenters. The molecule has 1 heterocycles. The zero-order chi connectivity index (χ0) is 26.6. The van der Waals surface area contributed by atoms with Crippen molar-refractivity contribution < 1.29 is 24.9 Å². The van der Waals surface area contributed by atoms with E-state index in [1.54, 1.807) is 13.8 Å². The highest BCUT2D eigenvalue weighted by atomic mass is 32.2. The van der Waals surface area contributed by atoms with Gasteiger partial charge in [-0.2, -0.15) is 5.26 Å². The van der Waals surface area contributed by atoms with Crippen molar-refractivity contribution in [2.45, 2.75) is 57.5 Å². The van der Waals surface area contributed by atoms with Crippen molar-refractivity contribution in [1.82, 2.24) is 0 Å². The molecular formula is C30H25NO5S2. The minimum absolute atomic E-state index is 0.00454. The number of aromatic hydroxyl groups is 2. The SMILES string of the molecule is CC(C)(O)CCOC(=O)C(C#N)C1Sc2c(O)c3c(c(O)c2S1)C1c2ccccc2C12c1ccccc1C32. The number of hydrogen-bond acceptors (Lipinski definition) is 8. The molecule has 0 radical (unpaired) electrons. The molecule has 7 rings (SSSR count). The van der Waals surface area contributed by atoms with Gasteiger partial charge in [-0.05, 0) is 36.1 Å². The molecule has 1 spiro atoms. The highest BCUT2D eigenvalue weighted by Crippen LogP contribution is 2.80. The van der Waals surface area contributed by atoms with Crippen LogP contribution in [0.25, 0.3) is 0 Å². The van der Waals surface area contributed by atoms with Gasteiger partial charge in [-0.3, -0.25) is 4.79 Å². The van der Waals surface area contributed by atoms with Gasteiger partial charge in [-0.15, -0.1) is 23.5 Å². The smallest absolute Gasteiger partial charge is 0.325 e. The monoisotopic (exact) mass is 543 g/mol. The van der Waals surface area contributed by atoms with E-state index < -0.39 is 22.1 Å². The molecular weight excluding hydrogens is 518 g/mol. The molecule has 3 unspecified atom stereocenters. The molecule has 0 fully saturated rings. The van der Waals surface area contributed by atoms with E-state index >= 15 is 0 Å². The van der Waals surface area contributed by atoms with Gasteiger partial charge >= 0.3 is 5.97 Å². The average molecular weight is 544 g/mol. The van der Waals surface area contributed by atoms with Gasteiger partial charge in [0.25, 0.3) is 0 Å². The van der Waals surface area contributed by atoms with Gasteiger partial charge in [0, 0.05) is 34.8 Å². The van der Waals surface area contributed by atoms with Crippen LogP contribution in [0.4, 0.5) is 0 Å². The lowest BCUT2D eigenvalue weighted by Crippen LogP contribution is -2.52. The van der Waals surface area contributed by atoms with E-state index in [2.05, 4.69) is 30.3 Å². The third-order valence-corrected chi connectivity index (χ3v) is 11.4. The van der Waals surface area contributed by atoms with Crippen molar-refractivity contribution >= 4 is 29.5 Å². The van der Waals surface area contributed by atoms with Crippen molar-refractivity contribution in [3.8, 4) is 17.6 Å². The molecule has 3 aliphatic carbocycles. The number of nitrogens with zero attached hydrogens (tertiary/aromatic N) is 1. The second kappa shape index (κ2) is 7.95. The molecule has 8 heteroatoms. The van der Waals surface area contributed by atoms with Crippen LogP contribution in [0, 0.1) is 17.2 Å². The minimum atomic E-state index is -1.10. The van der Waals surface area contributed by atoms with Crippen molar-refractivity contribution in [2.24, 2.45) is 5.92 Å². The number of esters is 1. The molecule has 0 saturated carbocycles. The second-order valence-electron chi connectivity index (χ2n) is 11.0. The maximum absolute atomic E-state index is 12.8. The van der Waals surface area contributed by atoms with Gasteiger partial charge in [0.15, 0.2) is 5.92 Å². The number of nitriles is 1. The van der Waals surface area contributed by atoms with Gasteiger partial charge < -0.3 is 20.1 Å². The Bertz CT molecular complexity index is 1490. The van der Waals surface area contributed by atoms with Crippen LogP contribution in [0.1, 0.15) is 65.5 Å². The molecule has 0 amide bonds. The van der Waals surface area contributed by atoms with Crippen LogP contribution in [0.15, 0.2) is 58.3 Å². The highest BCUT2D eigenvalue weighted by Gasteiger charge is 2.71. The van der Waals surface area contributed by atoms with Crippen molar-refractivity contribution in [3.05, 3.63) is 81.9 Å². The molecule has 0 bridgehead atoms. The van der Waals surface area contributed by atoms with Crippen molar-refractivity contribution in [3.63, 3.8) is 0 Å². The van der Waals surface area contributed by atoms with Gasteiger partial charge in [-0.1, -0.05) is 48.5 Å². The van der Waals surface area contributed by atoms with E-state index in [9.17, 15) is 25.4 Å². The summed E-state index contributed by atoms with van der Waals surface area (Å²) in [4.78, 5) is 13.8. The summed E-state index contributed by atoms with van der Waals surface area (Å²) in [6.45, 7) is 3.26. The molecule has 3 aromatic rings. The summed E-state index contributed by atoms with van der Waals surface area (Å²) in [7, 11) is 0. The fraction of sp³-hybridized carbons (Fsp3) is 0.333. The summed E-state index contributed by atoms with van der Waals surface area (Å²) in [5.74, 6) is -1.61. The fourth-order valence-electron chi connectivity index (χ4n) is 6.91. The quantitative estimate of drug-likeness (QED) is 0.292. The molecule has 38 heavy (non-hydrogen) atoms. The normalized spacial score (nSPS) is 25.8. The Morgan fingerprint density at radius 3 is 1.97 bits per heavy atom. The fourth-order valence-corrected chi connectivity index (χ4v) is 9.90. The highest BCUT2D eigenvalue weighted by molar-refractivity contribution is 8.19. The number of thioether (sulfide) groups is 2. The zero-order valence-corrected chi connectivity index (χ0v) is 22.4. The molecule has 0 aromatic heterocycles. The third kappa shape index (κ3) is 2.87. The Morgan fingerprint density at radius 2 is 1.50 bits per heavy atom. The molecule has 6 nitrogen and oxygen atoms in total. The predicted molar refractivity (Wildman–Crippen MR) is 144 cm³/mol. The first-order valence-corrected chi connectivity index (χ1v) is 14.4. The molecule has 3 aromatic carbocycles. The number of benzene rings is 3. The Labute approximate surface area is 228 Å². The van der Waals surface area contributed by atoms with Crippen LogP contribution >= 0.6 is 23.5 Å². The standard InChI is InChI=1S/C30H25NO5S2/c1-29(2,35)11-12-36-27(34)16(13-31)28-37-25-23(32)19-20(24(33)26(25)38-28)22-15-8-4-6-10-18(15)30(22)17-9-5-3-7-14(17)21(19)30/h3-10,16,21-22,28,32-33,35H,11-12H2,1-2H3. The van der Waals surface area contributed by atoms with E-state index in [1.165, 1.54) is 34.7 Å². The number of phenols is 2. The molecule has 0 saturated heterocycles. The molecule has 4 aliphatic rings. The minimum Gasteiger partial charge on any atom is -0.506 e. The van der Waals surface area contributed by atoms with E-state index in [-0.39, 0.29) is 41.8 Å². The summed E-state index contributed by atoms with van der Waals surface area (Å²) < 4.78 is 4.73. The molecule has 1 aliphatic heterocycles. The van der Waals surface area contributed by atoms with E-state index in [1.807, 2.05) is 24.3 Å². The second-order valence-corrected chi connectivity index (χ2v) is 13.6. The lowest BCUT2D eigenvalue weighted by atomic mass is 9.43. The number of hydrogen-bond donors (Lipinski definition) is 3. The maximum Gasteiger partial charge on any atom is 0.325 e. The number of carbonyl (C=O) groups excluding carboxylic acids is 1. The summed E-state index contributed by atoms with van der Waals surface area (Å²) in [6.07, 6.45) is 0.254. The average Bonchev–Trinajstić information content (AvgIpc) is 3.39. The van der Waals surface area contributed by atoms with E-state index in [0.29, 0.717) is 9.79 Å². The summed E-state index contributed by atoms with van der Waals surface area (Å²) >= 11 is 2.47. The van der Waals surface area contributed by atoms with Gasteiger partial charge in [0.2, 0.25) is 0 Å². The van der Waals surface area contributed by atoms with Crippen LogP contribution in [0.5, 0.6) is 11.5 Å². The van der Waals surface area contributed by atoms with Crippen LogP contribution in [-0.2, 0) is 14.9 Å². The van der Waals surface area contributed by atoms with Crippen molar-refractivity contribution in [1.29, 1.82) is 5.26 Å². The molecule has 192 valence electrons. The van der Waals surface area contributed by atoms with E-state index in [4.69, 9.17) is 4.74 Å². The Balaban J connectivity index is 1.27. The van der Waals surface area contributed by atoms with Crippen LogP contribution < -0.4 is 0 Å². The van der Waals surface area contributed by atoms with Crippen molar-refractivity contribution in [2.75, 3.05) is 6.61 Å². The number of ether oxygens (including phenoxy) is 1. The lowest BCUT2D eigenvalue weighted by Gasteiger charge is -2.58. The Morgan fingerprint density at radius 1 is 1.00 bits per heavy atom. The first-order valence-electron chi connectivity index (χ1n) is 12.6. The third-order valence-electron chi connectivity index (χ3n) is 8.45. The lowest BCUT2D eigenvalue weighted by molar-refractivity contribution is -0.147. The summed E-state index contributed by atoms with van der Waals surface area (Å²) in [6, 6.07) is 18.7. The molecule has 3 N–H and O–H groups in total. The zero-order valence-electron chi connectivity index (χ0n) is 20.8. The number of aliphatic hydroxyl groups is 1. The van der Waals surface area contributed by atoms with Gasteiger partial charge in [0.1, 0.15) is 11.5 Å². The largest absolute Gasteiger partial charge is 0.506 e. The number of fused-ring (bicyclic) bond motifs is 8. The van der Waals surface area contributed by atoms with E-state index in [0.717, 1.165) is 22.3 Å². The first kappa shape index (κ1) is 24.0. The topological polar surface area (TPSA) is 111 Å². The van der Waals surface area contributed by atoms with Gasteiger partial charge in [0.05, 0.1) is 32.7 Å². The number of phenolic OH excluding ortho intramolecular Hbond substituents is 2. The summed E-state index contributed by atoms with van der Waals surface area (Å²) in [5, 5.41) is 43.2. The Hall–Kier alpha value is -3.12. The first-order chi connectivity index (χ1) is 18.2. The van der Waals surface area contributed by atoms with Crippen LogP contribution in [-0.4, -0.2) is 38.1 Å². The Kier molecular flexibility index (Phi) is 5.01. The number of rotatable bonds is 5.